The maximum Gasteiger partial charge on any atom is 0.138 e. The summed E-state index contributed by atoms with van der Waals surface area (Å²) >= 11 is 0. The number of rotatable bonds is 4. The van der Waals surface area contributed by atoms with Crippen molar-refractivity contribution in [3.05, 3.63) is 70.6 Å². The van der Waals surface area contributed by atoms with E-state index in [1.165, 1.54) is 30.5 Å². The van der Waals surface area contributed by atoms with E-state index in [2.05, 4.69) is 51.1 Å². The number of allylic oxidation sites excluding steroid dienone is 2. The van der Waals surface area contributed by atoms with Gasteiger partial charge in [-0.25, -0.2) is 9.37 Å². The Morgan fingerprint density at radius 1 is 1.16 bits per heavy atom. The number of nitrogens with zero attached hydrogens (tertiary/aromatic N) is 2. The Balaban J connectivity index is 1.50. The maximum absolute atomic E-state index is 13.4. The molecular weight excluding hydrogens is 401 g/mol. The first kappa shape index (κ1) is 20.4. The fourth-order valence-corrected chi connectivity index (χ4v) is 4.40. The Kier molecular flexibility index (Phi) is 5.45. The molecule has 0 saturated carbocycles. The van der Waals surface area contributed by atoms with E-state index in [1.807, 2.05) is 12.1 Å². The highest BCUT2D eigenvalue weighted by atomic mass is 19.1. The molecule has 0 radical (unpaired) electrons. The Labute approximate surface area is 185 Å². The Hall–Kier alpha value is -3.51. The van der Waals surface area contributed by atoms with Crippen molar-refractivity contribution in [2.45, 2.75) is 19.8 Å². The second kappa shape index (κ2) is 8.55. The van der Waals surface area contributed by atoms with Crippen molar-refractivity contribution in [1.82, 2.24) is 25.5 Å². The van der Waals surface area contributed by atoms with Gasteiger partial charge in [-0.05, 0) is 80.2 Å². The molecule has 4 heterocycles. The Morgan fingerprint density at radius 2 is 1.94 bits per heavy atom. The molecule has 1 aromatic carbocycles. The molecule has 0 atom stereocenters. The number of aromatic nitrogens is 4. The van der Waals surface area contributed by atoms with Crippen LogP contribution in [-0.4, -0.2) is 33.3 Å². The predicted molar refractivity (Wildman–Crippen MR) is 128 cm³/mol. The van der Waals surface area contributed by atoms with Gasteiger partial charge in [0.2, 0.25) is 0 Å². The molecule has 162 valence electrons. The summed E-state index contributed by atoms with van der Waals surface area (Å²) in [5.74, 6) is 0.382. The normalized spacial score (nSPS) is 16.2. The maximum atomic E-state index is 13.4. The lowest BCUT2D eigenvalue weighted by molar-refractivity contribution is 0.420. The Morgan fingerprint density at radius 3 is 2.72 bits per heavy atom. The van der Waals surface area contributed by atoms with Crippen molar-refractivity contribution in [2.75, 3.05) is 13.1 Å². The first-order valence-corrected chi connectivity index (χ1v) is 11.0. The van der Waals surface area contributed by atoms with Gasteiger partial charge in [-0.15, -0.1) is 0 Å². The summed E-state index contributed by atoms with van der Waals surface area (Å²) in [6.45, 7) is 8.63. The highest BCUT2D eigenvalue weighted by Crippen LogP contribution is 2.30. The van der Waals surface area contributed by atoms with E-state index in [0.29, 0.717) is 5.92 Å². The molecule has 5 rings (SSSR count). The summed E-state index contributed by atoms with van der Waals surface area (Å²) in [7, 11) is 0. The first-order valence-electron chi connectivity index (χ1n) is 11.0. The van der Waals surface area contributed by atoms with Gasteiger partial charge in [0.1, 0.15) is 17.2 Å². The van der Waals surface area contributed by atoms with Crippen LogP contribution in [0, 0.1) is 11.7 Å². The number of nitrogens with one attached hydrogen (secondary N) is 3. The predicted octanol–water partition coefficient (Wildman–Crippen LogP) is 3.90. The number of aromatic amines is 2. The monoisotopic (exact) mass is 427 g/mol. The smallest absolute Gasteiger partial charge is 0.138 e. The van der Waals surface area contributed by atoms with Crippen molar-refractivity contribution in [1.29, 1.82) is 0 Å². The molecule has 0 unspecified atom stereocenters. The third-order valence-electron chi connectivity index (χ3n) is 6.34. The molecule has 5 nitrogen and oxygen atoms in total. The van der Waals surface area contributed by atoms with E-state index in [1.54, 1.807) is 18.3 Å². The van der Waals surface area contributed by atoms with Crippen LogP contribution >= 0.6 is 0 Å². The molecule has 3 aromatic heterocycles. The quantitative estimate of drug-likeness (QED) is 0.463. The summed E-state index contributed by atoms with van der Waals surface area (Å²) in [5, 5.41) is 13.8. The fraction of sp³-hybridized carbons (Fsp3) is 0.231. The third-order valence-corrected chi connectivity index (χ3v) is 6.34. The van der Waals surface area contributed by atoms with Crippen LogP contribution in [0.3, 0.4) is 0 Å². The van der Waals surface area contributed by atoms with Crippen molar-refractivity contribution in [3.63, 3.8) is 0 Å². The average Bonchev–Trinajstić information content (AvgIpc) is 3.41. The second-order valence-electron chi connectivity index (χ2n) is 8.38. The van der Waals surface area contributed by atoms with Crippen LogP contribution in [0.5, 0.6) is 0 Å². The zero-order valence-corrected chi connectivity index (χ0v) is 18.1. The van der Waals surface area contributed by atoms with Crippen LogP contribution in [0.1, 0.15) is 19.8 Å². The zero-order valence-electron chi connectivity index (χ0n) is 18.1. The number of halogens is 1. The number of piperidine rings is 1. The van der Waals surface area contributed by atoms with Crippen molar-refractivity contribution >= 4 is 23.7 Å². The summed E-state index contributed by atoms with van der Waals surface area (Å²) < 4.78 is 13.4. The lowest BCUT2D eigenvalue weighted by atomic mass is 9.91. The van der Waals surface area contributed by atoms with Crippen LogP contribution in [0.4, 0.5) is 4.39 Å². The number of hydrogen-bond donors (Lipinski definition) is 3. The van der Waals surface area contributed by atoms with E-state index >= 15 is 0 Å². The highest BCUT2D eigenvalue weighted by Gasteiger charge is 2.14. The number of benzene rings is 1. The number of pyridine rings is 1. The van der Waals surface area contributed by atoms with Crippen LogP contribution < -0.4 is 15.9 Å². The molecule has 0 bridgehead atoms. The molecule has 0 aliphatic carbocycles. The first-order chi connectivity index (χ1) is 15.6. The molecule has 1 saturated heterocycles. The summed E-state index contributed by atoms with van der Waals surface area (Å²) in [6.07, 6.45) is 8.37. The lowest BCUT2D eigenvalue weighted by Crippen LogP contribution is -2.28. The van der Waals surface area contributed by atoms with Gasteiger partial charge in [-0.1, -0.05) is 30.4 Å². The summed E-state index contributed by atoms with van der Waals surface area (Å²) in [4.78, 5) is 7.83. The van der Waals surface area contributed by atoms with Gasteiger partial charge in [0.15, 0.2) is 0 Å². The number of hydrogen-bond acceptors (Lipinski definition) is 3. The topological polar surface area (TPSA) is 69.4 Å². The molecule has 3 N–H and O–H groups in total. The van der Waals surface area contributed by atoms with E-state index in [9.17, 15) is 4.39 Å². The third kappa shape index (κ3) is 3.89. The van der Waals surface area contributed by atoms with E-state index in [-0.39, 0.29) is 5.82 Å². The fourth-order valence-electron chi connectivity index (χ4n) is 4.40. The van der Waals surface area contributed by atoms with E-state index < -0.39 is 0 Å². The minimum atomic E-state index is -0.250. The highest BCUT2D eigenvalue weighted by molar-refractivity contribution is 5.95. The molecule has 1 fully saturated rings. The average molecular weight is 428 g/mol. The molecule has 0 spiro atoms. The molecule has 4 aromatic rings. The molecule has 0 amide bonds. The molecule has 6 heteroatoms. The molecule has 1 aliphatic rings. The number of fused-ring (bicyclic) bond motifs is 1. The minimum Gasteiger partial charge on any atom is -0.338 e. The summed E-state index contributed by atoms with van der Waals surface area (Å²) in [6, 6.07) is 10.5. The SMILES string of the molecule is C=c1c(-c2cc3c(-c4ccc(F)cc4)ccnc3[nH]2)n[nH]/c1=C/C=C(\C)C1CCNCC1. The van der Waals surface area contributed by atoms with Gasteiger partial charge in [-0.3, -0.25) is 5.10 Å². The lowest BCUT2D eigenvalue weighted by Gasteiger charge is -2.23. The van der Waals surface area contributed by atoms with E-state index in [0.717, 1.165) is 57.2 Å². The second-order valence-corrected chi connectivity index (χ2v) is 8.38. The van der Waals surface area contributed by atoms with Gasteiger partial charge < -0.3 is 10.3 Å². The molecular formula is C26H26FN5. The molecule has 32 heavy (non-hydrogen) atoms. The largest absolute Gasteiger partial charge is 0.338 e. The van der Waals surface area contributed by atoms with Crippen LogP contribution in [0.25, 0.3) is 46.2 Å². The van der Waals surface area contributed by atoms with E-state index in [4.69, 9.17) is 0 Å². The van der Waals surface area contributed by atoms with Gasteiger partial charge in [0.05, 0.1) is 11.0 Å². The van der Waals surface area contributed by atoms with Crippen molar-refractivity contribution in [3.8, 4) is 22.5 Å². The number of H-pyrrole nitrogens is 2. The van der Waals surface area contributed by atoms with Crippen LogP contribution in [-0.2, 0) is 0 Å². The zero-order chi connectivity index (χ0) is 22.1. The van der Waals surface area contributed by atoms with Gasteiger partial charge in [-0.2, -0.15) is 5.10 Å². The van der Waals surface area contributed by atoms with Gasteiger partial charge in [0, 0.05) is 16.8 Å². The standard InChI is InChI=1S/C26H26FN5/c1-16(18-9-12-28-13-10-18)3-8-23-17(2)25(32-31-23)24-15-22-21(11-14-29-26(22)30-24)19-4-6-20(27)7-5-19/h3-8,11,14-15,18,28,31H,2,9-10,12-13H2,1H3,(H,29,30)/b16-3+,23-8+. The summed E-state index contributed by atoms with van der Waals surface area (Å²) in [5.41, 5.74) is 5.70. The van der Waals surface area contributed by atoms with Crippen molar-refractivity contribution < 1.29 is 4.39 Å². The molecule has 1 aliphatic heterocycles. The van der Waals surface area contributed by atoms with Gasteiger partial charge >= 0.3 is 0 Å². The van der Waals surface area contributed by atoms with Gasteiger partial charge in [0.25, 0.3) is 0 Å². The van der Waals surface area contributed by atoms with Crippen molar-refractivity contribution in [2.24, 2.45) is 5.92 Å². The van der Waals surface area contributed by atoms with Crippen LogP contribution in [0.15, 0.2) is 54.2 Å². The van der Waals surface area contributed by atoms with Crippen LogP contribution in [0.2, 0.25) is 0 Å². The Bertz CT molecular complexity index is 1390. The minimum absolute atomic E-state index is 0.250.